The normalized spacial score (nSPS) is 25.5. The standard InChI is InChI=1S/C29H33F4NO5/c1-14(2)23-21-22(20-19(36)13-27(4,5)26(24(20)34-23)38-15(3)35)28(8-10-37-11-9-28)39-25(21)17-7-6-16(12-18(17)30)29(31,32)33/h6-7,12,14,19,25-26,36H,8-11,13H2,1-5H3. The molecule has 1 aromatic carbocycles. The van der Waals surface area contributed by atoms with Crippen LogP contribution in [0.5, 0.6) is 0 Å². The number of hydrogen-bond donors (Lipinski definition) is 1. The summed E-state index contributed by atoms with van der Waals surface area (Å²) in [6.07, 6.45) is -6.35. The number of carbonyl (C=O) groups is 1. The van der Waals surface area contributed by atoms with Gasteiger partial charge in [-0.3, -0.25) is 9.78 Å². The molecular formula is C29H33F4NO5. The molecule has 0 amide bonds. The van der Waals surface area contributed by atoms with Crippen molar-refractivity contribution in [3.63, 3.8) is 0 Å². The van der Waals surface area contributed by atoms with E-state index in [1.807, 2.05) is 27.7 Å². The minimum Gasteiger partial charge on any atom is -0.455 e. The zero-order valence-corrected chi connectivity index (χ0v) is 22.6. The summed E-state index contributed by atoms with van der Waals surface area (Å²) >= 11 is 0. The summed E-state index contributed by atoms with van der Waals surface area (Å²) < 4.78 is 73.4. The van der Waals surface area contributed by atoms with Crippen LogP contribution in [0.25, 0.3) is 0 Å². The molecular weight excluding hydrogens is 518 g/mol. The van der Waals surface area contributed by atoms with Gasteiger partial charge in [-0.15, -0.1) is 0 Å². The lowest BCUT2D eigenvalue weighted by atomic mass is 9.68. The van der Waals surface area contributed by atoms with E-state index in [0.29, 0.717) is 60.2 Å². The molecule has 1 N–H and O–H groups in total. The second-order valence-corrected chi connectivity index (χ2v) is 11.8. The summed E-state index contributed by atoms with van der Waals surface area (Å²) in [5.74, 6) is -1.70. The van der Waals surface area contributed by atoms with E-state index in [1.165, 1.54) is 6.92 Å². The number of halogens is 4. The van der Waals surface area contributed by atoms with E-state index < -0.39 is 52.9 Å². The van der Waals surface area contributed by atoms with Crippen molar-refractivity contribution in [2.75, 3.05) is 13.2 Å². The molecule has 212 valence electrons. The average Bonchev–Trinajstić information content (AvgIpc) is 3.14. The number of fused-ring (bicyclic) bond motifs is 4. The number of alkyl halides is 3. The number of benzene rings is 1. The van der Waals surface area contributed by atoms with Crippen molar-refractivity contribution >= 4 is 5.97 Å². The number of aromatic nitrogens is 1. The van der Waals surface area contributed by atoms with Gasteiger partial charge >= 0.3 is 12.1 Å². The Morgan fingerprint density at radius 1 is 1.18 bits per heavy atom. The van der Waals surface area contributed by atoms with Crippen LogP contribution in [0.3, 0.4) is 0 Å². The number of aliphatic hydroxyl groups is 1. The molecule has 1 aromatic heterocycles. The zero-order chi connectivity index (χ0) is 28.5. The first-order valence-electron chi connectivity index (χ1n) is 13.2. The molecule has 1 spiro atoms. The second kappa shape index (κ2) is 9.52. The Bertz CT molecular complexity index is 1300. The molecule has 1 aliphatic carbocycles. The highest BCUT2D eigenvalue weighted by Gasteiger charge is 2.55. The lowest BCUT2D eigenvalue weighted by Gasteiger charge is -2.43. The van der Waals surface area contributed by atoms with E-state index in [2.05, 4.69) is 0 Å². The van der Waals surface area contributed by atoms with Gasteiger partial charge in [0.1, 0.15) is 18.0 Å². The third kappa shape index (κ3) is 4.64. The first-order chi connectivity index (χ1) is 18.2. The van der Waals surface area contributed by atoms with Gasteiger partial charge in [-0.2, -0.15) is 13.2 Å². The van der Waals surface area contributed by atoms with Crippen LogP contribution in [0.15, 0.2) is 18.2 Å². The number of aliphatic hydroxyl groups excluding tert-OH is 1. The Morgan fingerprint density at radius 2 is 1.85 bits per heavy atom. The van der Waals surface area contributed by atoms with Gasteiger partial charge in [0, 0.05) is 60.8 Å². The zero-order valence-electron chi connectivity index (χ0n) is 22.6. The number of rotatable bonds is 3. The number of ether oxygens (including phenoxy) is 3. The van der Waals surface area contributed by atoms with Crippen LogP contribution < -0.4 is 0 Å². The van der Waals surface area contributed by atoms with Crippen molar-refractivity contribution in [3.8, 4) is 0 Å². The van der Waals surface area contributed by atoms with Crippen molar-refractivity contribution in [2.24, 2.45) is 5.41 Å². The molecule has 3 atom stereocenters. The summed E-state index contributed by atoms with van der Waals surface area (Å²) in [6.45, 7) is 9.65. The fraction of sp³-hybridized carbons (Fsp3) is 0.586. The van der Waals surface area contributed by atoms with Gasteiger partial charge in [0.05, 0.1) is 23.0 Å². The van der Waals surface area contributed by atoms with Crippen molar-refractivity contribution < 1.29 is 41.7 Å². The summed E-state index contributed by atoms with van der Waals surface area (Å²) in [5.41, 5.74) is 0.0149. The van der Waals surface area contributed by atoms with Crippen LogP contribution >= 0.6 is 0 Å². The van der Waals surface area contributed by atoms with E-state index in [4.69, 9.17) is 19.2 Å². The smallest absolute Gasteiger partial charge is 0.416 e. The largest absolute Gasteiger partial charge is 0.455 e. The summed E-state index contributed by atoms with van der Waals surface area (Å²) in [6, 6.07) is 2.46. The maximum atomic E-state index is 15.4. The molecule has 3 heterocycles. The first kappa shape index (κ1) is 28.0. The Kier molecular flexibility index (Phi) is 6.83. The van der Waals surface area contributed by atoms with E-state index in [-0.39, 0.29) is 17.9 Å². The molecule has 0 saturated carbocycles. The average molecular weight is 552 g/mol. The van der Waals surface area contributed by atoms with Gasteiger partial charge in [-0.05, 0) is 30.0 Å². The highest BCUT2D eigenvalue weighted by molar-refractivity contribution is 5.67. The van der Waals surface area contributed by atoms with Crippen LogP contribution in [0.2, 0.25) is 0 Å². The monoisotopic (exact) mass is 551 g/mol. The lowest BCUT2D eigenvalue weighted by Crippen LogP contribution is -2.39. The lowest BCUT2D eigenvalue weighted by molar-refractivity contribution is -0.157. The Morgan fingerprint density at radius 3 is 2.41 bits per heavy atom. The quantitative estimate of drug-likeness (QED) is 0.344. The molecule has 2 aliphatic heterocycles. The van der Waals surface area contributed by atoms with Crippen molar-refractivity contribution in [2.45, 2.75) is 89.9 Å². The predicted octanol–water partition coefficient (Wildman–Crippen LogP) is 6.56. The number of carbonyl (C=O) groups excluding carboxylic acids is 1. The minimum atomic E-state index is -4.69. The highest BCUT2D eigenvalue weighted by Crippen LogP contribution is 2.60. The number of pyridine rings is 1. The third-order valence-corrected chi connectivity index (χ3v) is 8.14. The molecule has 10 heteroatoms. The van der Waals surface area contributed by atoms with Gasteiger partial charge in [-0.1, -0.05) is 33.8 Å². The number of nitrogens with zero attached hydrogens (tertiary/aromatic N) is 1. The van der Waals surface area contributed by atoms with Crippen molar-refractivity contribution in [3.05, 3.63) is 63.2 Å². The molecule has 2 aromatic rings. The molecule has 5 rings (SSSR count). The molecule has 0 radical (unpaired) electrons. The summed E-state index contributed by atoms with van der Waals surface area (Å²) in [4.78, 5) is 17.1. The first-order valence-corrected chi connectivity index (χ1v) is 13.2. The van der Waals surface area contributed by atoms with Crippen molar-refractivity contribution in [1.29, 1.82) is 0 Å². The molecule has 1 fully saturated rings. The van der Waals surface area contributed by atoms with Crippen LogP contribution in [-0.4, -0.2) is 29.3 Å². The number of hydrogen-bond acceptors (Lipinski definition) is 6. The maximum absolute atomic E-state index is 15.4. The number of esters is 1. The maximum Gasteiger partial charge on any atom is 0.416 e. The third-order valence-electron chi connectivity index (χ3n) is 8.14. The summed E-state index contributed by atoms with van der Waals surface area (Å²) in [7, 11) is 0. The Hall–Kier alpha value is -2.56. The van der Waals surface area contributed by atoms with Crippen LogP contribution in [0, 0.1) is 11.2 Å². The Balaban J connectivity index is 1.81. The van der Waals surface area contributed by atoms with Gasteiger partial charge < -0.3 is 19.3 Å². The minimum absolute atomic E-state index is 0.0292. The molecule has 6 nitrogen and oxygen atoms in total. The SMILES string of the molecule is CC(=O)OC1c2nc(C(C)C)c3c(c2C(O)CC1(C)C)C1(CCOCC1)OC3c1ccc(C(F)(F)F)cc1F. The van der Waals surface area contributed by atoms with Gasteiger partial charge in [0.2, 0.25) is 0 Å². The van der Waals surface area contributed by atoms with Gasteiger partial charge in [0.25, 0.3) is 0 Å². The van der Waals surface area contributed by atoms with Gasteiger partial charge in [0.15, 0.2) is 0 Å². The molecule has 1 saturated heterocycles. The van der Waals surface area contributed by atoms with Crippen LogP contribution in [0.4, 0.5) is 17.6 Å². The molecule has 39 heavy (non-hydrogen) atoms. The van der Waals surface area contributed by atoms with E-state index >= 15 is 4.39 Å². The molecule has 3 aliphatic rings. The van der Waals surface area contributed by atoms with E-state index in [0.717, 1.165) is 12.1 Å². The van der Waals surface area contributed by atoms with Crippen molar-refractivity contribution in [1.82, 2.24) is 4.98 Å². The fourth-order valence-corrected chi connectivity index (χ4v) is 6.39. The second-order valence-electron chi connectivity index (χ2n) is 11.8. The van der Waals surface area contributed by atoms with Crippen LogP contribution in [-0.2, 0) is 30.8 Å². The topological polar surface area (TPSA) is 77.9 Å². The Labute approximate surface area is 224 Å². The van der Waals surface area contributed by atoms with Gasteiger partial charge in [-0.25, -0.2) is 4.39 Å². The molecule has 0 bridgehead atoms. The van der Waals surface area contributed by atoms with E-state index in [9.17, 15) is 23.1 Å². The van der Waals surface area contributed by atoms with Crippen LogP contribution in [0.1, 0.15) is 117 Å². The predicted molar refractivity (Wildman–Crippen MR) is 132 cm³/mol. The highest BCUT2D eigenvalue weighted by atomic mass is 19.4. The fourth-order valence-electron chi connectivity index (χ4n) is 6.39. The van der Waals surface area contributed by atoms with E-state index in [1.54, 1.807) is 0 Å². The molecule has 3 unspecified atom stereocenters. The summed E-state index contributed by atoms with van der Waals surface area (Å²) in [5, 5.41) is 11.5.